The van der Waals surface area contributed by atoms with Crippen LogP contribution in [0.15, 0.2) is 24.3 Å². The van der Waals surface area contributed by atoms with Crippen LogP contribution in [0.3, 0.4) is 0 Å². The predicted molar refractivity (Wildman–Crippen MR) is 65.2 cm³/mol. The lowest BCUT2D eigenvalue weighted by Crippen LogP contribution is -2.03. The van der Waals surface area contributed by atoms with Gasteiger partial charge in [0.05, 0.1) is 4.92 Å². The molecule has 2 aromatic rings. The molecule has 0 aliphatic rings. The summed E-state index contributed by atoms with van der Waals surface area (Å²) in [7, 11) is 0. The molecule has 2 rings (SSSR count). The van der Waals surface area contributed by atoms with E-state index in [-0.39, 0.29) is 22.5 Å². The minimum absolute atomic E-state index is 0.0339. The van der Waals surface area contributed by atoms with Crippen molar-refractivity contribution in [1.82, 2.24) is 9.97 Å². The van der Waals surface area contributed by atoms with E-state index in [4.69, 9.17) is 17.3 Å². The van der Waals surface area contributed by atoms with Crippen LogP contribution in [0.5, 0.6) is 5.75 Å². The second kappa shape index (κ2) is 4.46. The van der Waals surface area contributed by atoms with Gasteiger partial charge >= 0.3 is 5.69 Å². The van der Waals surface area contributed by atoms with Crippen LogP contribution in [-0.2, 0) is 0 Å². The van der Waals surface area contributed by atoms with Gasteiger partial charge in [0.15, 0.2) is 5.69 Å². The number of nitrogen functional groups attached to an aromatic ring is 1. The van der Waals surface area contributed by atoms with Crippen molar-refractivity contribution in [2.75, 3.05) is 5.73 Å². The van der Waals surface area contributed by atoms with Gasteiger partial charge in [0.1, 0.15) is 5.75 Å². The molecule has 0 amide bonds. The van der Waals surface area contributed by atoms with Gasteiger partial charge in [-0.2, -0.15) is 4.98 Å². The third-order valence-corrected chi connectivity index (χ3v) is 2.35. The monoisotopic (exact) mass is 266 g/mol. The summed E-state index contributed by atoms with van der Waals surface area (Å²) >= 11 is 5.63. The average molecular weight is 267 g/mol. The van der Waals surface area contributed by atoms with Crippen LogP contribution in [0.2, 0.25) is 5.28 Å². The van der Waals surface area contributed by atoms with Crippen LogP contribution >= 0.6 is 11.6 Å². The molecule has 1 aromatic heterocycles. The molecule has 0 spiro atoms. The summed E-state index contributed by atoms with van der Waals surface area (Å²) in [6, 6.07) is 5.83. The molecule has 1 aromatic carbocycles. The van der Waals surface area contributed by atoms with Gasteiger partial charge < -0.3 is 10.8 Å². The van der Waals surface area contributed by atoms with Crippen molar-refractivity contribution in [2.45, 2.75) is 0 Å². The number of nitrogens with zero attached hydrogens (tertiary/aromatic N) is 3. The van der Waals surface area contributed by atoms with Crippen molar-refractivity contribution in [3.05, 3.63) is 39.7 Å². The zero-order valence-corrected chi connectivity index (χ0v) is 9.63. The Bertz CT molecular complexity index is 633. The highest BCUT2D eigenvalue weighted by molar-refractivity contribution is 6.28. The van der Waals surface area contributed by atoms with E-state index >= 15 is 0 Å². The Balaban J connectivity index is 2.73. The maximum atomic E-state index is 11.0. The van der Waals surface area contributed by atoms with Gasteiger partial charge in [0.25, 0.3) is 0 Å². The molecule has 8 heteroatoms. The molecule has 0 radical (unpaired) electrons. The first-order valence-corrected chi connectivity index (χ1v) is 5.13. The van der Waals surface area contributed by atoms with Crippen molar-refractivity contribution in [2.24, 2.45) is 0 Å². The largest absolute Gasteiger partial charge is 0.508 e. The van der Waals surface area contributed by atoms with Crippen molar-refractivity contribution >= 4 is 23.1 Å². The molecule has 0 fully saturated rings. The summed E-state index contributed by atoms with van der Waals surface area (Å²) in [6.07, 6.45) is 0. The maximum absolute atomic E-state index is 11.0. The number of aromatic nitrogens is 2. The normalized spacial score (nSPS) is 10.3. The van der Waals surface area contributed by atoms with E-state index in [1.54, 1.807) is 6.07 Å². The number of anilines is 1. The molecule has 7 nitrogen and oxygen atoms in total. The molecule has 0 unspecified atom stereocenters. The molecule has 0 atom stereocenters. The zero-order chi connectivity index (χ0) is 13.3. The Morgan fingerprint density at radius 3 is 2.72 bits per heavy atom. The summed E-state index contributed by atoms with van der Waals surface area (Å²) in [5, 5.41) is 20.1. The van der Waals surface area contributed by atoms with E-state index in [1.807, 2.05) is 0 Å². The number of hydrogen-bond acceptors (Lipinski definition) is 6. The molecule has 3 N–H and O–H groups in total. The van der Waals surface area contributed by atoms with Crippen LogP contribution in [0.1, 0.15) is 0 Å². The lowest BCUT2D eigenvalue weighted by molar-refractivity contribution is -0.383. The number of phenols is 1. The Morgan fingerprint density at radius 2 is 2.11 bits per heavy atom. The SMILES string of the molecule is Nc1nc(Cl)nc(-c2cccc(O)c2)c1[N+](=O)[O-]. The zero-order valence-electron chi connectivity index (χ0n) is 8.87. The molecule has 0 aliphatic heterocycles. The van der Waals surface area contributed by atoms with E-state index in [0.29, 0.717) is 5.56 Å². The highest BCUT2D eigenvalue weighted by Crippen LogP contribution is 2.33. The van der Waals surface area contributed by atoms with E-state index < -0.39 is 10.6 Å². The van der Waals surface area contributed by atoms with E-state index in [9.17, 15) is 15.2 Å². The third-order valence-electron chi connectivity index (χ3n) is 2.19. The van der Waals surface area contributed by atoms with E-state index in [0.717, 1.165) is 0 Å². The van der Waals surface area contributed by atoms with Gasteiger partial charge in [0, 0.05) is 5.56 Å². The van der Waals surface area contributed by atoms with Crippen LogP contribution in [0.4, 0.5) is 11.5 Å². The van der Waals surface area contributed by atoms with Gasteiger partial charge in [-0.3, -0.25) is 10.1 Å². The van der Waals surface area contributed by atoms with Crippen molar-refractivity contribution in [3.63, 3.8) is 0 Å². The highest BCUT2D eigenvalue weighted by Gasteiger charge is 2.23. The molecular weight excluding hydrogens is 260 g/mol. The molecule has 0 bridgehead atoms. The fraction of sp³-hybridized carbons (Fsp3) is 0. The Morgan fingerprint density at radius 1 is 1.39 bits per heavy atom. The second-order valence-corrected chi connectivity index (χ2v) is 3.72. The van der Waals surface area contributed by atoms with Crippen LogP contribution in [0.25, 0.3) is 11.3 Å². The van der Waals surface area contributed by atoms with E-state index in [1.165, 1.54) is 18.2 Å². The molecule has 18 heavy (non-hydrogen) atoms. The fourth-order valence-corrected chi connectivity index (χ4v) is 1.65. The standard InChI is InChI=1S/C10H7ClN4O3/c11-10-13-7(5-2-1-3-6(16)4-5)8(15(17)18)9(12)14-10/h1-4,16H,(H2,12,13,14). The number of halogens is 1. The summed E-state index contributed by atoms with van der Waals surface area (Å²) in [5.74, 6) is -0.367. The fourth-order valence-electron chi connectivity index (χ4n) is 1.48. The predicted octanol–water partition coefficient (Wildman–Crippen LogP) is 1.99. The van der Waals surface area contributed by atoms with Crippen LogP contribution in [0, 0.1) is 10.1 Å². The second-order valence-electron chi connectivity index (χ2n) is 3.38. The molecule has 0 saturated carbocycles. The third kappa shape index (κ3) is 2.16. The highest BCUT2D eigenvalue weighted by atomic mass is 35.5. The number of rotatable bonds is 2. The topological polar surface area (TPSA) is 115 Å². The Kier molecular flexibility index (Phi) is 2.99. The minimum Gasteiger partial charge on any atom is -0.508 e. The molecular formula is C10H7ClN4O3. The number of aromatic hydroxyl groups is 1. The maximum Gasteiger partial charge on any atom is 0.337 e. The molecule has 0 saturated heterocycles. The summed E-state index contributed by atoms with van der Waals surface area (Å²) in [6.45, 7) is 0. The minimum atomic E-state index is -0.689. The lowest BCUT2D eigenvalue weighted by atomic mass is 10.1. The van der Waals surface area contributed by atoms with Crippen molar-refractivity contribution in [1.29, 1.82) is 0 Å². The summed E-state index contributed by atoms with van der Waals surface area (Å²) in [4.78, 5) is 17.6. The van der Waals surface area contributed by atoms with Gasteiger partial charge in [-0.05, 0) is 23.7 Å². The smallest absolute Gasteiger partial charge is 0.337 e. The van der Waals surface area contributed by atoms with Gasteiger partial charge in [-0.15, -0.1) is 0 Å². The van der Waals surface area contributed by atoms with Gasteiger partial charge in [0.2, 0.25) is 11.1 Å². The summed E-state index contributed by atoms with van der Waals surface area (Å²) < 4.78 is 0. The van der Waals surface area contributed by atoms with Gasteiger partial charge in [-0.25, -0.2) is 4.98 Å². The number of benzene rings is 1. The molecule has 92 valence electrons. The average Bonchev–Trinajstić information content (AvgIpc) is 2.27. The lowest BCUT2D eigenvalue weighted by Gasteiger charge is -2.05. The Labute approximate surface area is 106 Å². The number of nitrogens with two attached hydrogens (primary N) is 1. The van der Waals surface area contributed by atoms with Crippen LogP contribution in [-0.4, -0.2) is 20.0 Å². The van der Waals surface area contributed by atoms with Crippen molar-refractivity contribution in [3.8, 4) is 17.0 Å². The molecule has 1 heterocycles. The quantitative estimate of drug-likeness (QED) is 0.488. The Hall–Kier alpha value is -2.41. The first-order chi connectivity index (χ1) is 8.49. The van der Waals surface area contributed by atoms with Crippen LogP contribution < -0.4 is 5.73 Å². The first kappa shape index (κ1) is 12.1. The van der Waals surface area contributed by atoms with Gasteiger partial charge in [-0.1, -0.05) is 12.1 Å². The first-order valence-electron chi connectivity index (χ1n) is 4.76. The number of hydrogen-bond donors (Lipinski definition) is 2. The number of nitro groups is 1. The number of phenolic OH excluding ortho intramolecular Hbond substituents is 1. The molecule has 0 aliphatic carbocycles. The van der Waals surface area contributed by atoms with Crippen molar-refractivity contribution < 1.29 is 10.0 Å². The van der Waals surface area contributed by atoms with E-state index in [2.05, 4.69) is 9.97 Å². The summed E-state index contributed by atoms with van der Waals surface area (Å²) in [5.41, 5.74) is 5.32.